The van der Waals surface area contributed by atoms with Crippen LogP contribution in [0.4, 0.5) is 0 Å². The summed E-state index contributed by atoms with van der Waals surface area (Å²) in [5, 5.41) is 3.61. The smallest absolute Gasteiger partial charge is 0.0322 e. The maximum atomic E-state index is 3.61. The van der Waals surface area contributed by atoms with E-state index in [4.69, 9.17) is 0 Å². The predicted molar refractivity (Wildman–Crippen MR) is 83.3 cm³/mol. The number of nitrogens with one attached hydrogen (secondary N) is 1. The molecule has 1 rings (SSSR count). The summed E-state index contributed by atoms with van der Waals surface area (Å²) in [7, 11) is 0. The van der Waals surface area contributed by atoms with Gasteiger partial charge < -0.3 is 5.32 Å². The van der Waals surface area contributed by atoms with Crippen molar-refractivity contribution in [2.45, 2.75) is 51.5 Å². The average molecular weight is 265 g/mol. The van der Waals surface area contributed by atoms with Gasteiger partial charge in [0.05, 0.1) is 0 Å². The highest BCUT2D eigenvalue weighted by Crippen LogP contribution is 2.25. The first kappa shape index (κ1) is 15.6. The van der Waals surface area contributed by atoms with Gasteiger partial charge in [0.2, 0.25) is 0 Å². The topological polar surface area (TPSA) is 12.0 Å². The summed E-state index contributed by atoms with van der Waals surface area (Å²) in [5.74, 6) is 1.92. The summed E-state index contributed by atoms with van der Waals surface area (Å²) < 4.78 is 0. The summed E-state index contributed by atoms with van der Waals surface area (Å²) >= 11 is 1.91. The van der Waals surface area contributed by atoms with Gasteiger partial charge in [0.15, 0.2) is 0 Å². The monoisotopic (exact) mass is 265 g/mol. The van der Waals surface area contributed by atoms with Gasteiger partial charge in [-0.15, -0.1) is 11.8 Å². The fourth-order valence-electron chi connectivity index (χ4n) is 2.12. The SMILES string of the molecule is CCNC(CC(C)CC)c1ccc(SCC)cc1. The highest BCUT2D eigenvalue weighted by molar-refractivity contribution is 7.99. The molecule has 0 fully saturated rings. The van der Waals surface area contributed by atoms with Crippen LogP contribution < -0.4 is 5.32 Å². The average Bonchev–Trinajstić information content (AvgIpc) is 2.39. The van der Waals surface area contributed by atoms with E-state index in [1.165, 1.54) is 23.3 Å². The van der Waals surface area contributed by atoms with Crippen LogP contribution in [0.25, 0.3) is 0 Å². The molecule has 1 nitrogen and oxygen atoms in total. The van der Waals surface area contributed by atoms with Crippen molar-refractivity contribution < 1.29 is 0 Å². The van der Waals surface area contributed by atoms with Crippen molar-refractivity contribution in [3.63, 3.8) is 0 Å². The van der Waals surface area contributed by atoms with E-state index in [-0.39, 0.29) is 0 Å². The lowest BCUT2D eigenvalue weighted by Crippen LogP contribution is -2.22. The van der Waals surface area contributed by atoms with Crippen molar-refractivity contribution in [2.24, 2.45) is 5.92 Å². The van der Waals surface area contributed by atoms with E-state index in [1.807, 2.05) is 11.8 Å². The lowest BCUT2D eigenvalue weighted by atomic mass is 9.94. The second-order valence-corrected chi connectivity index (χ2v) is 6.20. The van der Waals surface area contributed by atoms with Crippen LogP contribution in [0.15, 0.2) is 29.2 Å². The zero-order chi connectivity index (χ0) is 13.4. The van der Waals surface area contributed by atoms with Crippen molar-refractivity contribution in [3.8, 4) is 0 Å². The van der Waals surface area contributed by atoms with Gasteiger partial charge >= 0.3 is 0 Å². The molecule has 1 aromatic rings. The maximum absolute atomic E-state index is 3.61. The third kappa shape index (κ3) is 5.03. The molecule has 102 valence electrons. The van der Waals surface area contributed by atoms with Crippen LogP contribution in [0, 0.1) is 5.92 Å². The maximum Gasteiger partial charge on any atom is 0.0322 e. The van der Waals surface area contributed by atoms with Gasteiger partial charge in [-0.25, -0.2) is 0 Å². The molecule has 1 aromatic carbocycles. The lowest BCUT2D eigenvalue weighted by molar-refractivity contribution is 0.408. The summed E-state index contributed by atoms with van der Waals surface area (Å²) in [6, 6.07) is 9.58. The minimum absolute atomic E-state index is 0.505. The molecule has 0 radical (unpaired) electrons. The molecule has 2 unspecified atom stereocenters. The summed E-state index contributed by atoms with van der Waals surface area (Å²) in [5.41, 5.74) is 1.43. The minimum Gasteiger partial charge on any atom is -0.310 e. The Morgan fingerprint density at radius 3 is 2.28 bits per heavy atom. The summed E-state index contributed by atoms with van der Waals surface area (Å²) in [4.78, 5) is 1.38. The Labute approximate surface area is 117 Å². The van der Waals surface area contributed by atoms with E-state index in [0.29, 0.717) is 6.04 Å². The molecule has 0 saturated heterocycles. The van der Waals surface area contributed by atoms with Crippen molar-refractivity contribution in [1.82, 2.24) is 5.32 Å². The predicted octanol–water partition coefficient (Wildman–Crippen LogP) is 4.89. The van der Waals surface area contributed by atoms with Crippen LogP contribution in [0.5, 0.6) is 0 Å². The van der Waals surface area contributed by atoms with Crippen LogP contribution >= 0.6 is 11.8 Å². The molecular weight excluding hydrogens is 238 g/mol. The Hall–Kier alpha value is -0.470. The van der Waals surface area contributed by atoms with Gasteiger partial charge in [-0.05, 0) is 42.3 Å². The number of hydrogen-bond donors (Lipinski definition) is 1. The molecule has 0 aliphatic heterocycles. The highest BCUT2D eigenvalue weighted by Gasteiger charge is 2.13. The van der Waals surface area contributed by atoms with Crippen molar-refractivity contribution >= 4 is 11.8 Å². The first-order valence-corrected chi connectivity index (χ1v) is 8.15. The normalized spacial score (nSPS) is 14.4. The van der Waals surface area contributed by atoms with E-state index in [2.05, 4.69) is 57.3 Å². The Bertz CT molecular complexity index is 320. The fraction of sp³-hybridized carbons (Fsp3) is 0.625. The standard InChI is InChI=1S/C16H27NS/c1-5-13(4)12-16(17-6-2)14-8-10-15(11-9-14)18-7-3/h8-11,13,16-17H,5-7,12H2,1-4H3. The number of thioether (sulfide) groups is 1. The summed E-state index contributed by atoms with van der Waals surface area (Å²) in [6.45, 7) is 10.0. The molecule has 2 heteroatoms. The third-order valence-corrected chi connectivity index (χ3v) is 4.27. The van der Waals surface area contributed by atoms with E-state index in [1.54, 1.807) is 0 Å². The van der Waals surface area contributed by atoms with Crippen LogP contribution in [0.3, 0.4) is 0 Å². The second kappa shape index (κ2) is 8.60. The largest absolute Gasteiger partial charge is 0.310 e. The molecule has 0 aromatic heterocycles. The molecule has 0 aliphatic rings. The van der Waals surface area contributed by atoms with Gasteiger partial charge in [0, 0.05) is 10.9 Å². The molecular formula is C16H27NS. The van der Waals surface area contributed by atoms with Crippen LogP contribution in [0.1, 0.15) is 52.1 Å². The molecule has 0 bridgehead atoms. The number of hydrogen-bond acceptors (Lipinski definition) is 2. The molecule has 0 saturated carbocycles. The summed E-state index contributed by atoms with van der Waals surface area (Å²) in [6.07, 6.45) is 2.48. The minimum atomic E-state index is 0.505. The highest BCUT2D eigenvalue weighted by atomic mass is 32.2. The zero-order valence-electron chi connectivity index (χ0n) is 12.2. The van der Waals surface area contributed by atoms with Crippen molar-refractivity contribution in [3.05, 3.63) is 29.8 Å². The Morgan fingerprint density at radius 2 is 1.78 bits per heavy atom. The second-order valence-electron chi connectivity index (χ2n) is 4.86. The van der Waals surface area contributed by atoms with Gasteiger partial charge in [-0.2, -0.15) is 0 Å². The van der Waals surface area contributed by atoms with Crippen LogP contribution in [0.2, 0.25) is 0 Å². The van der Waals surface area contributed by atoms with Gasteiger partial charge in [-0.3, -0.25) is 0 Å². The zero-order valence-corrected chi connectivity index (χ0v) is 13.0. The molecule has 0 heterocycles. The first-order valence-electron chi connectivity index (χ1n) is 7.17. The van der Waals surface area contributed by atoms with Gasteiger partial charge in [0.25, 0.3) is 0 Å². The van der Waals surface area contributed by atoms with Gasteiger partial charge in [-0.1, -0.05) is 46.2 Å². The molecule has 0 amide bonds. The van der Waals surface area contributed by atoms with Crippen molar-refractivity contribution in [1.29, 1.82) is 0 Å². The first-order chi connectivity index (χ1) is 8.71. The Kier molecular flexibility index (Phi) is 7.45. The molecule has 18 heavy (non-hydrogen) atoms. The quantitative estimate of drug-likeness (QED) is 0.672. The van der Waals surface area contributed by atoms with E-state index in [0.717, 1.165) is 18.2 Å². The van der Waals surface area contributed by atoms with Crippen molar-refractivity contribution in [2.75, 3.05) is 12.3 Å². The third-order valence-electron chi connectivity index (χ3n) is 3.38. The van der Waals surface area contributed by atoms with E-state index >= 15 is 0 Å². The number of benzene rings is 1. The molecule has 0 spiro atoms. The Morgan fingerprint density at radius 1 is 1.11 bits per heavy atom. The molecule has 0 aliphatic carbocycles. The molecule has 1 N–H and O–H groups in total. The fourth-order valence-corrected chi connectivity index (χ4v) is 2.78. The number of rotatable bonds is 8. The van der Waals surface area contributed by atoms with Crippen LogP contribution in [-0.4, -0.2) is 12.3 Å². The van der Waals surface area contributed by atoms with Gasteiger partial charge in [0.1, 0.15) is 0 Å². The van der Waals surface area contributed by atoms with E-state index < -0.39 is 0 Å². The Balaban J connectivity index is 2.71. The van der Waals surface area contributed by atoms with E-state index in [9.17, 15) is 0 Å². The lowest BCUT2D eigenvalue weighted by Gasteiger charge is -2.22. The molecule has 2 atom stereocenters. The van der Waals surface area contributed by atoms with Crippen LogP contribution in [-0.2, 0) is 0 Å².